The number of amides is 1. The lowest BCUT2D eigenvalue weighted by molar-refractivity contribution is 0.102. The van der Waals surface area contributed by atoms with Gasteiger partial charge in [0.2, 0.25) is 0 Å². The minimum absolute atomic E-state index is 0.208. The summed E-state index contributed by atoms with van der Waals surface area (Å²) in [5.41, 5.74) is 3.20. The maximum absolute atomic E-state index is 12.3. The van der Waals surface area contributed by atoms with Gasteiger partial charge in [0.25, 0.3) is 5.91 Å². The van der Waals surface area contributed by atoms with Gasteiger partial charge in [0, 0.05) is 17.3 Å². The number of nitrogens with one attached hydrogen (secondary N) is 1. The van der Waals surface area contributed by atoms with Crippen LogP contribution in [0, 0.1) is 0 Å². The molecule has 0 spiro atoms. The van der Waals surface area contributed by atoms with Crippen LogP contribution in [0.2, 0.25) is 0 Å². The largest absolute Gasteiger partial charge is 0.321 e. The molecule has 2 aromatic heterocycles. The first-order valence-corrected chi connectivity index (χ1v) is 8.29. The molecule has 5 heteroatoms. The lowest BCUT2D eigenvalue weighted by atomic mass is 10.0. The average molecular weight is 323 g/mol. The van der Waals surface area contributed by atoms with Gasteiger partial charge in [0.15, 0.2) is 0 Å². The standard InChI is InChI=1S/C18H17N3OS/c1-12(2)13-6-8-14(9-7-13)20-17(22)16-11-23-18(21-16)15-5-3-4-10-19-15/h3-12H,1-2H3,(H,20,22). The molecule has 1 amide bonds. The van der Waals surface area contributed by atoms with Crippen molar-refractivity contribution < 1.29 is 4.79 Å². The molecular formula is C18H17N3OS. The van der Waals surface area contributed by atoms with E-state index in [9.17, 15) is 4.79 Å². The third-order valence-electron chi connectivity index (χ3n) is 3.46. The van der Waals surface area contributed by atoms with Crippen LogP contribution in [-0.2, 0) is 0 Å². The molecule has 0 aliphatic carbocycles. The van der Waals surface area contributed by atoms with E-state index in [0.29, 0.717) is 11.6 Å². The number of benzene rings is 1. The maximum atomic E-state index is 12.3. The van der Waals surface area contributed by atoms with Crippen LogP contribution in [0.3, 0.4) is 0 Å². The highest BCUT2D eigenvalue weighted by Crippen LogP contribution is 2.22. The van der Waals surface area contributed by atoms with E-state index in [1.54, 1.807) is 11.6 Å². The summed E-state index contributed by atoms with van der Waals surface area (Å²) in [5.74, 6) is 0.264. The van der Waals surface area contributed by atoms with Gasteiger partial charge in [-0.1, -0.05) is 32.0 Å². The quantitative estimate of drug-likeness (QED) is 0.764. The molecule has 0 aliphatic rings. The fraction of sp³-hybridized carbons (Fsp3) is 0.167. The van der Waals surface area contributed by atoms with Crippen molar-refractivity contribution in [2.45, 2.75) is 19.8 Å². The number of nitrogens with zero attached hydrogens (tertiary/aromatic N) is 2. The van der Waals surface area contributed by atoms with Gasteiger partial charge in [0.1, 0.15) is 10.7 Å². The zero-order valence-electron chi connectivity index (χ0n) is 13.0. The molecule has 4 nitrogen and oxygen atoms in total. The first-order valence-electron chi connectivity index (χ1n) is 7.42. The Morgan fingerprint density at radius 2 is 1.91 bits per heavy atom. The monoisotopic (exact) mass is 323 g/mol. The van der Waals surface area contributed by atoms with E-state index in [1.165, 1.54) is 16.9 Å². The molecular weight excluding hydrogens is 306 g/mol. The first kappa shape index (κ1) is 15.4. The Balaban J connectivity index is 1.72. The Labute approximate surface area is 139 Å². The van der Waals surface area contributed by atoms with Crippen molar-refractivity contribution in [3.05, 3.63) is 65.3 Å². The smallest absolute Gasteiger partial charge is 0.275 e. The van der Waals surface area contributed by atoms with Gasteiger partial charge in [-0.2, -0.15) is 0 Å². The van der Waals surface area contributed by atoms with Crippen molar-refractivity contribution in [3.8, 4) is 10.7 Å². The number of anilines is 1. The average Bonchev–Trinajstić information content (AvgIpc) is 3.06. The van der Waals surface area contributed by atoms with E-state index >= 15 is 0 Å². The van der Waals surface area contributed by atoms with Gasteiger partial charge in [-0.05, 0) is 35.7 Å². The van der Waals surface area contributed by atoms with Crippen molar-refractivity contribution in [3.63, 3.8) is 0 Å². The van der Waals surface area contributed by atoms with Gasteiger partial charge in [-0.3, -0.25) is 9.78 Å². The van der Waals surface area contributed by atoms with E-state index in [4.69, 9.17) is 0 Å². The molecule has 3 rings (SSSR count). The van der Waals surface area contributed by atoms with E-state index in [0.717, 1.165) is 16.4 Å². The third kappa shape index (κ3) is 3.63. The van der Waals surface area contributed by atoms with Crippen LogP contribution >= 0.6 is 11.3 Å². The molecule has 1 N–H and O–H groups in total. The van der Waals surface area contributed by atoms with Gasteiger partial charge in [-0.25, -0.2) is 4.98 Å². The predicted octanol–water partition coefficient (Wildman–Crippen LogP) is 4.58. The van der Waals surface area contributed by atoms with E-state index in [-0.39, 0.29) is 5.91 Å². The summed E-state index contributed by atoms with van der Waals surface area (Å²) in [4.78, 5) is 20.9. The molecule has 0 saturated carbocycles. The summed E-state index contributed by atoms with van der Waals surface area (Å²) < 4.78 is 0. The van der Waals surface area contributed by atoms with Gasteiger partial charge in [-0.15, -0.1) is 11.3 Å². The summed E-state index contributed by atoms with van der Waals surface area (Å²) in [7, 11) is 0. The SMILES string of the molecule is CC(C)c1ccc(NC(=O)c2csc(-c3ccccn3)n2)cc1. The highest BCUT2D eigenvalue weighted by atomic mass is 32.1. The number of hydrogen-bond donors (Lipinski definition) is 1. The summed E-state index contributed by atoms with van der Waals surface area (Å²) in [6.45, 7) is 4.28. The molecule has 0 unspecified atom stereocenters. The molecule has 0 aliphatic heterocycles. The Kier molecular flexibility index (Phi) is 4.48. The summed E-state index contributed by atoms with van der Waals surface area (Å²) >= 11 is 1.41. The van der Waals surface area contributed by atoms with Crippen molar-refractivity contribution in [1.82, 2.24) is 9.97 Å². The fourth-order valence-corrected chi connectivity index (χ4v) is 2.91. The molecule has 116 valence electrons. The lowest BCUT2D eigenvalue weighted by Gasteiger charge is -2.07. The van der Waals surface area contributed by atoms with Crippen LogP contribution in [0.25, 0.3) is 10.7 Å². The van der Waals surface area contributed by atoms with E-state index < -0.39 is 0 Å². The second-order valence-corrected chi connectivity index (χ2v) is 6.34. The molecule has 0 atom stereocenters. The number of carbonyl (C=O) groups is 1. The Morgan fingerprint density at radius 1 is 1.13 bits per heavy atom. The molecule has 2 heterocycles. The summed E-state index contributed by atoms with van der Waals surface area (Å²) in [6, 6.07) is 13.5. The number of pyridine rings is 1. The predicted molar refractivity (Wildman–Crippen MR) is 93.8 cm³/mol. The van der Waals surface area contributed by atoms with Crippen LogP contribution in [0.1, 0.15) is 35.8 Å². The number of rotatable bonds is 4. The Bertz CT molecular complexity index is 795. The number of hydrogen-bond acceptors (Lipinski definition) is 4. The number of carbonyl (C=O) groups excluding carboxylic acids is 1. The molecule has 0 bridgehead atoms. The normalized spacial score (nSPS) is 10.7. The second kappa shape index (κ2) is 6.71. The minimum atomic E-state index is -0.208. The molecule has 0 saturated heterocycles. The molecule has 0 fully saturated rings. The summed E-state index contributed by atoms with van der Waals surface area (Å²) in [6.07, 6.45) is 1.72. The Morgan fingerprint density at radius 3 is 2.57 bits per heavy atom. The van der Waals surface area contributed by atoms with Crippen molar-refractivity contribution in [2.75, 3.05) is 5.32 Å². The van der Waals surface area contributed by atoms with Crippen molar-refractivity contribution in [1.29, 1.82) is 0 Å². The van der Waals surface area contributed by atoms with E-state index in [2.05, 4.69) is 29.1 Å². The highest BCUT2D eigenvalue weighted by molar-refractivity contribution is 7.13. The van der Waals surface area contributed by atoms with Crippen molar-refractivity contribution >= 4 is 22.9 Å². The highest BCUT2D eigenvalue weighted by Gasteiger charge is 2.12. The van der Waals surface area contributed by atoms with Gasteiger partial charge in [0.05, 0.1) is 5.69 Å². The Hall–Kier alpha value is -2.53. The van der Waals surface area contributed by atoms with Gasteiger partial charge < -0.3 is 5.32 Å². The minimum Gasteiger partial charge on any atom is -0.321 e. The summed E-state index contributed by atoms with van der Waals surface area (Å²) in [5, 5.41) is 5.37. The zero-order chi connectivity index (χ0) is 16.2. The maximum Gasteiger partial charge on any atom is 0.275 e. The second-order valence-electron chi connectivity index (χ2n) is 5.48. The van der Waals surface area contributed by atoms with Crippen LogP contribution in [0.4, 0.5) is 5.69 Å². The molecule has 23 heavy (non-hydrogen) atoms. The van der Waals surface area contributed by atoms with Crippen LogP contribution in [0.5, 0.6) is 0 Å². The number of thiazole rings is 1. The van der Waals surface area contributed by atoms with Gasteiger partial charge >= 0.3 is 0 Å². The van der Waals surface area contributed by atoms with Crippen LogP contribution in [0.15, 0.2) is 54.0 Å². The van der Waals surface area contributed by atoms with Crippen molar-refractivity contribution in [2.24, 2.45) is 0 Å². The molecule has 1 aromatic carbocycles. The lowest BCUT2D eigenvalue weighted by Crippen LogP contribution is -2.12. The molecule has 3 aromatic rings. The van der Waals surface area contributed by atoms with E-state index in [1.807, 2.05) is 42.5 Å². The topological polar surface area (TPSA) is 54.9 Å². The third-order valence-corrected chi connectivity index (χ3v) is 4.32. The number of aromatic nitrogens is 2. The van der Waals surface area contributed by atoms with Crippen LogP contribution in [-0.4, -0.2) is 15.9 Å². The zero-order valence-corrected chi connectivity index (χ0v) is 13.8. The molecule has 0 radical (unpaired) electrons. The fourth-order valence-electron chi connectivity index (χ4n) is 2.13. The first-order chi connectivity index (χ1) is 11.1. The van der Waals surface area contributed by atoms with Crippen LogP contribution < -0.4 is 5.32 Å².